The van der Waals surface area contributed by atoms with E-state index in [0.717, 1.165) is 6.42 Å². The van der Waals surface area contributed by atoms with Gasteiger partial charge < -0.3 is 10.5 Å². The van der Waals surface area contributed by atoms with Gasteiger partial charge in [0, 0.05) is 6.04 Å². The second-order valence-corrected chi connectivity index (χ2v) is 5.53. The van der Waals surface area contributed by atoms with Crippen LogP contribution in [0, 0.1) is 23.2 Å². The maximum Gasteiger partial charge on any atom is 0.310 e. The van der Waals surface area contributed by atoms with Crippen molar-refractivity contribution in [1.82, 2.24) is 0 Å². The summed E-state index contributed by atoms with van der Waals surface area (Å²) in [4.78, 5) is 11.7. The molecule has 3 rings (SSSR count). The van der Waals surface area contributed by atoms with E-state index in [1.54, 1.807) is 0 Å². The van der Waals surface area contributed by atoms with Gasteiger partial charge in [0.2, 0.25) is 0 Å². The number of esters is 1. The van der Waals surface area contributed by atoms with Gasteiger partial charge in [-0.3, -0.25) is 4.79 Å². The minimum absolute atomic E-state index is 0.00375. The number of carbonyl (C=O) groups is 1. The zero-order valence-electron chi connectivity index (χ0n) is 9.82. The molecule has 3 aliphatic rings. The summed E-state index contributed by atoms with van der Waals surface area (Å²) in [6, 6.07) is 0.00375. The minimum atomic E-state index is -0.0878. The lowest BCUT2D eigenvalue weighted by atomic mass is 9.45. The molecule has 86 valence electrons. The molecule has 3 aliphatic carbocycles. The summed E-state index contributed by atoms with van der Waals surface area (Å²) in [5.41, 5.74) is 6.50. The zero-order chi connectivity index (χ0) is 11.2. The standard InChI is InChI=1S/C12H21NO2/c1-4-15-11(14)8-5-7-6-9(10(8)13)12(7,2)3/h7-10H,4-6,13H2,1-3H3/t7?,8-,9+,10+/m1/s1. The van der Waals surface area contributed by atoms with Crippen LogP contribution in [-0.2, 0) is 9.53 Å². The van der Waals surface area contributed by atoms with Crippen molar-refractivity contribution in [3.63, 3.8) is 0 Å². The molecule has 3 nitrogen and oxygen atoms in total. The van der Waals surface area contributed by atoms with Crippen LogP contribution in [0.15, 0.2) is 0 Å². The van der Waals surface area contributed by atoms with Crippen molar-refractivity contribution in [2.45, 2.75) is 39.7 Å². The van der Waals surface area contributed by atoms with Gasteiger partial charge in [-0.1, -0.05) is 13.8 Å². The molecule has 0 heterocycles. The van der Waals surface area contributed by atoms with E-state index in [1.807, 2.05) is 6.92 Å². The van der Waals surface area contributed by atoms with Crippen molar-refractivity contribution in [1.29, 1.82) is 0 Å². The van der Waals surface area contributed by atoms with Crippen molar-refractivity contribution in [3.8, 4) is 0 Å². The Balaban J connectivity index is 2.05. The molecule has 15 heavy (non-hydrogen) atoms. The lowest BCUT2D eigenvalue weighted by molar-refractivity contribution is -0.164. The van der Waals surface area contributed by atoms with E-state index in [-0.39, 0.29) is 17.9 Å². The van der Waals surface area contributed by atoms with E-state index >= 15 is 0 Å². The summed E-state index contributed by atoms with van der Waals surface area (Å²) in [6.07, 6.45) is 2.12. The van der Waals surface area contributed by atoms with Gasteiger partial charge in [-0.2, -0.15) is 0 Å². The van der Waals surface area contributed by atoms with Gasteiger partial charge in [0.1, 0.15) is 0 Å². The number of carbonyl (C=O) groups excluding carboxylic acids is 1. The molecule has 3 saturated carbocycles. The summed E-state index contributed by atoms with van der Waals surface area (Å²) in [7, 11) is 0. The van der Waals surface area contributed by atoms with Crippen LogP contribution in [0.3, 0.4) is 0 Å². The maximum absolute atomic E-state index is 11.7. The van der Waals surface area contributed by atoms with Gasteiger partial charge in [0.05, 0.1) is 12.5 Å². The Hall–Kier alpha value is -0.570. The van der Waals surface area contributed by atoms with E-state index in [1.165, 1.54) is 6.42 Å². The molecule has 0 spiro atoms. The molecule has 0 aromatic rings. The Morgan fingerprint density at radius 3 is 2.60 bits per heavy atom. The van der Waals surface area contributed by atoms with E-state index in [0.29, 0.717) is 23.9 Å². The van der Waals surface area contributed by atoms with Crippen LogP contribution in [-0.4, -0.2) is 18.6 Å². The van der Waals surface area contributed by atoms with E-state index in [9.17, 15) is 4.79 Å². The van der Waals surface area contributed by atoms with Gasteiger partial charge in [-0.05, 0) is 37.0 Å². The summed E-state index contributed by atoms with van der Waals surface area (Å²) in [5.74, 6) is 1.03. The van der Waals surface area contributed by atoms with Gasteiger partial charge in [0.15, 0.2) is 0 Å². The van der Waals surface area contributed by atoms with Gasteiger partial charge in [-0.15, -0.1) is 0 Å². The molecule has 0 aromatic carbocycles. The van der Waals surface area contributed by atoms with Crippen LogP contribution in [0.25, 0.3) is 0 Å². The Morgan fingerprint density at radius 1 is 1.47 bits per heavy atom. The predicted octanol–water partition coefficient (Wildman–Crippen LogP) is 1.56. The molecule has 0 aromatic heterocycles. The molecule has 2 N–H and O–H groups in total. The predicted molar refractivity (Wildman–Crippen MR) is 58.1 cm³/mol. The average molecular weight is 211 g/mol. The van der Waals surface area contributed by atoms with Crippen molar-refractivity contribution in [3.05, 3.63) is 0 Å². The van der Waals surface area contributed by atoms with Gasteiger partial charge in [0.25, 0.3) is 0 Å². The molecular formula is C12H21NO2. The lowest BCUT2D eigenvalue weighted by Gasteiger charge is -2.61. The van der Waals surface area contributed by atoms with Crippen LogP contribution in [0.2, 0.25) is 0 Å². The molecule has 3 heteroatoms. The number of nitrogens with two attached hydrogens (primary N) is 1. The molecule has 0 saturated heterocycles. The topological polar surface area (TPSA) is 52.3 Å². The highest BCUT2D eigenvalue weighted by Crippen LogP contribution is 2.60. The maximum atomic E-state index is 11.7. The first-order valence-corrected chi connectivity index (χ1v) is 5.90. The highest BCUT2D eigenvalue weighted by molar-refractivity contribution is 5.73. The summed E-state index contributed by atoms with van der Waals surface area (Å²) < 4.78 is 5.07. The average Bonchev–Trinajstić information content (AvgIpc) is 2.17. The van der Waals surface area contributed by atoms with E-state index in [2.05, 4.69) is 13.8 Å². The molecule has 0 aliphatic heterocycles. The van der Waals surface area contributed by atoms with Crippen molar-refractivity contribution in [2.24, 2.45) is 28.9 Å². The largest absolute Gasteiger partial charge is 0.466 e. The molecule has 4 atom stereocenters. The van der Waals surface area contributed by atoms with Crippen LogP contribution >= 0.6 is 0 Å². The molecule has 3 fully saturated rings. The third kappa shape index (κ3) is 1.48. The second kappa shape index (κ2) is 3.48. The Bertz CT molecular complexity index is 275. The first-order valence-electron chi connectivity index (χ1n) is 5.90. The monoisotopic (exact) mass is 211 g/mol. The summed E-state index contributed by atoms with van der Waals surface area (Å²) in [6.45, 7) is 6.85. The third-order valence-corrected chi connectivity index (χ3v) is 4.60. The van der Waals surface area contributed by atoms with Crippen molar-refractivity contribution >= 4 is 5.97 Å². The van der Waals surface area contributed by atoms with Crippen LogP contribution in [0.1, 0.15) is 33.6 Å². The first-order chi connectivity index (χ1) is 6.98. The Kier molecular flexibility index (Phi) is 2.53. The normalized spacial score (nSPS) is 41.9. The van der Waals surface area contributed by atoms with E-state index in [4.69, 9.17) is 10.5 Å². The van der Waals surface area contributed by atoms with E-state index < -0.39 is 0 Å². The second-order valence-electron chi connectivity index (χ2n) is 5.53. The quantitative estimate of drug-likeness (QED) is 0.705. The number of rotatable bonds is 2. The first kappa shape index (κ1) is 10.9. The number of hydrogen-bond acceptors (Lipinski definition) is 3. The molecular weight excluding hydrogens is 190 g/mol. The smallest absolute Gasteiger partial charge is 0.310 e. The van der Waals surface area contributed by atoms with Crippen LogP contribution in [0.5, 0.6) is 0 Å². The molecule has 2 bridgehead atoms. The van der Waals surface area contributed by atoms with Crippen LogP contribution < -0.4 is 5.73 Å². The highest BCUT2D eigenvalue weighted by Gasteiger charge is 2.58. The minimum Gasteiger partial charge on any atom is -0.466 e. The lowest BCUT2D eigenvalue weighted by Crippen LogP contribution is -2.62. The third-order valence-electron chi connectivity index (χ3n) is 4.60. The Labute approximate surface area is 91.4 Å². The van der Waals surface area contributed by atoms with Crippen molar-refractivity contribution < 1.29 is 9.53 Å². The Morgan fingerprint density at radius 2 is 2.13 bits per heavy atom. The zero-order valence-corrected chi connectivity index (χ0v) is 9.82. The van der Waals surface area contributed by atoms with Gasteiger partial charge in [-0.25, -0.2) is 0 Å². The summed E-state index contributed by atoms with van der Waals surface area (Å²) >= 11 is 0. The number of fused-ring (bicyclic) bond motifs is 2. The number of ether oxygens (including phenoxy) is 1. The van der Waals surface area contributed by atoms with Crippen molar-refractivity contribution in [2.75, 3.05) is 6.61 Å². The fourth-order valence-electron chi connectivity index (χ4n) is 3.36. The van der Waals surface area contributed by atoms with Crippen LogP contribution in [0.4, 0.5) is 0 Å². The SMILES string of the molecule is CCOC(=O)[C@@H]1CC2C[C@@H]([C@H]1N)C2(C)C. The fraction of sp³-hybridized carbons (Fsp3) is 0.917. The van der Waals surface area contributed by atoms with Gasteiger partial charge >= 0.3 is 5.97 Å². The fourth-order valence-corrected chi connectivity index (χ4v) is 3.36. The number of hydrogen-bond donors (Lipinski definition) is 1. The molecule has 0 radical (unpaired) electrons. The molecule has 1 unspecified atom stereocenters. The molecule has 0 amide bonds. The highest BCUT2D eigenvalue weighted by atomic mass is 16.5. The summed E-state index contributed by atoms with van der Waals surface area (Å²) in [5, 5.41) is 0.